The lowest BCUT2D eigenvalue weighted by atomic mass is 10.2. The van der Waals surface area contributed by atoms with Gasteiger partial charge in [-0.15, -0.1) is 0 Å². The van der Waals surface area contributed by atoms with Crippen LogP contribution in [0.1, 0.15) is 29.6 Å². The lowest BCUT2D eigenvalue weighted by molar-refractivity contribution is 0.0596. The zero-order chi connectivity index (χ0) is 14.8. The molecule has 1 heterocycles. The normalized spacial score (nSPS) is 16.9. The van der Waals surface area contributed by atoms with E-state index in [-0.39, 0.29) is 10.5 Å². The zero-order valence-corrected chi connectivity index (χ0v) is 12.7. The minimum absolute atomic E-state index is 0.0226. The summed E-state index contributed by atoms with van der Waals surface area (Å²) >= 11 is 5.84. The summed E-state index contributed by atoms with van der Waals surface area (Å²) in [5.74, 6) is -0.705. The molecule has 2 rings (SSSR count). The van der Waals surface area contributed by atoms with Gasteiger partial charge in [0.15, 0.2) is 0 Å². The highest BCUT2D eigenvalue weighted by atomic mass is 35.5. The summed E-state index contributed by atoms with van der Waals surface area (Å²) in [6.07, 6.45) is 2.69. The van der Waals surface area contributed by atoms with Crippen molar-refractivity contribution in [1.29, 1.82) is 0 Å². The number of hydrogen-bond donors (Lipinski definition) is 0. The molecule has 1 saturated heterocycles. The van der Waals surface area contributed by atoms with Gasteiger partial charge < -0.3 is 4.74 Å². The maximum atomic E-state index is 12.6. The van der Waals surface area contributed by atoms with Gasteiger partial charge in [0.1, 0.15) is 0 Å². The number of ether oxygens (including phenoxy) is 1. The molecule has 1 aliphatic heterocycles. The lowest BCUT2D eigenvalue weighted by Gasteiger charge is -2.26. The van der Waals surface area contributed by atoms with Gasteiger partial charge in [0.05, 0.1) is 17.6 Å². The Bertz CT molecular complexity index is 609. The van der Waals surface area contributed by atoms with Crippen molar-refractivity contribution in [3.63, 3.8) is 0 Å². The van der Waals surface area contributed by atoms with E-state index in [9.17, 15) is 13.2 Å². The summed E-state index contributed by atoms with van der Waals surface area (Å²) < 4.78 is 31.3. The minimum atomic E-state index is -3.69. The van der Waals surface area contributed by atoms with Crippen molar-refractivity contribution < 1.29 is 17.9 Å². The van der Waals surface area contributed by atoms with E-state index >= 15 is 0 Å². The fraction of sp³-hybridized carbons (Fsp3) is 0.462. The predicted molar refractivity (Wildman–Crippen MR) is 75.4 cm³/mol. The Kier molecular flexibility index (Phi) is 4.67. The number of carbonyl (C=O) groups is 1. The minimum Gasteiger partial charge on any atom is -0.465 e. The second kappa shape index (κ2) is 6.11. The monoisotopic (exact) mass is 317 g/mol. The molecule has 0 amide bonds. The number of sulfonamides is 1. The summed E-state index contributed by atoms with van der Waals surface area (Å²) in [5.41, 5.74) is -0.0226. The van der Waals surface area contributed by atoms with Crippen molar-refractivity contribution in [2.24, 2.45) is 0 Å². The lowest BCUT2D eigenvalue weighted by Crippen LogP contribution is -2.36. The fourth-order valence-corrected chi connectivity index (χ4v) is 4.09. The van der Waals surface area contributed by atoms with Gasteiger partial charge in [-0.3, -0.25) is 0 Å². The molecule has 0 atom stereocenters. The smallest absolute Gasteiger partial charge is 0.339 e. The molecule has 0 saturated carbocycles. The molecular weight excluding hydrogens is 302 g/mol. The van der Waals surface area contributed by atoms with Crippen molar-refractivity contribution in [2.45, 2.75) is 24.2 Å². The van der Waals surface area contributed by atoms with Gasteiger partial charge in [0.2, 0.25) is 10.0 Å². The highest BCUT2D eigenvalue weighted by molar-refractivity contribution is 7.89. The van der Waals surface area contributed by atoms with Crippen molar-refractivity contribution in [3.8, 4) is 0 Å². The van der Waals surface area contributed by atoms with Crippen LogP contribution in [0.15, 0.2) is 23.1 Å². The van der Waals surface area contributed by atoms with Crippen LogP contribution in [0.2, 0.25) is 5.02 Å². The van der Waals surface area contributed by atoms with Crippen LogP contribution >= 0.6 is 11.6 Å². The third-order valence-electron chi connectivity index (χ3n) is 3.28. The Balaban J connectivity index is 2.48. The first kappa shape index (κ1) is 15.3. The standard InChI is InChI=1S/C13H16ClNO4S/c1-19-13(16)11-9-10(14)5-6-12(11)20(17,18)15-7-3-2-4-8-15/h5-6,9H,2-4,7-8H2,1H3. The summed E-state index contributed by atoms with van der Waals surface area (Å²) in [5, 5.41) is 0.294. The average molecular weight is 318 g/mol. The molecule has 0 unspecified atom stereocenters. The van der Waals surface area contributed by atoms with Crippen LogP contribution in [0.4, 0.5) is 0 Å². The summed E-state index contributed by atoms with van der Waals surface area (Å²) in [6.45, 7) is 0.956. The number of methoxy groups -OCH3 is 1. The number of hydrogen-bond acceptors (Lipinski definition) is 4. The van der Waals surface area contributed by atoms with E-state index in [4.69, 9.17) is 11.6 Å². The molecule has 0 spiro atoms. The Hall–Kier alpha value is -1.11. The summed E-state index contributed by atoms with van der Waals surface area (Å²) in [7, 11) is -2.48. The molecule has 5 nitrogen and oxygen atoms in total. The van der Waals surface area contributed by atoms with E-state index in [1.165, 1.54) is 29.6 Å². The molecule has 110 valence electrons. The third kappa shape index (κ3) is 2.97. The van der Waals surface area contributed by atoms with Gasteiger partial charge >= 0.3 is 5.97 Å². The number of halogens is 1. The molecule has 0 N–H and O–H groups in total. The van der Waals surface area contributed by atoms with E-state index in [1.807, 2.05) is 0 Å². The number of nitrogens with zero attached hydrogens (tertiary/aromatic N) is 1. The predicted octanol–water partition coefficient (Wildman–Crippen LogP) is 2.30. The molecule has 20 heavy (non-hydrogen) atoms. The van der Waals surface area contributed by atoms with E-state index in [2.05, 4.69) is 4.74 Å². The van der Waals surface area contributed by atoms with Crippen molar-refractivity contribution in [2.75, 3.05) is 20.2 Å². The topological polar surface area (TPSA) is 63.7 Å². The first-order chi connectivity index (χ1) is 9.46. The van der Waals surface area contributed by atoms with Crippen LogP contribution in [0.3, 0.4) is 0 Å². The maximum absolute atomic E-state index is 12.6. The molecule has 1 aliphatic rings. The summed E-state index contributed by atoms with van der Waals surface area (Å²) in [4.78, 5) is 11.7. The van der Waals surface area contributed by atoms with Crippen molar-refractivity contribution in [1.82, 2.24) is 4.31 Å². The molecule has 1 fully saturated rings. The summed E-state index contributed by atoms with van der Waals surface area (Å²) in [6, 6.07) is 4.15. The van der Waals surface area contributed by atoms with Crippen LogP contribution in [-0.4, -0.2) is 38.9 Å². The largest absolute Gasteiger partial charge is 0.465 e. The van der Waals surface area contributed by atoms with E-state index in [0.29, 0.717) is 18.1 Å². The Labute approximate surface area is 123 Å². The SMILES string of the molecule is COC(=O)c1cc(Cl)ccc1S(=O)(=O)N1CCCCC1. The van der Waals surface area contributed by atoms with Crippen LogP contribution in [0.5, 0.6) is 0 Å². The fourth-order valence-electron chi connectivity index (χ4n) is 2.24. The number of benzene rings is 1. The molecule has 0 aromatic heterocycles. The van der Waals surface area contributed by atoms with Gasteiger partial charge in [0, 0.05) is 18.1 Å². The van der Waals surface area contributed by atoms with Crippen LogP contribution in [-0.2, 0) is 14.8 Å². The number of piperidine rings is 1. The van der Waals surface area contributed by atoms with Gasteiger partial charge in [-0.25, -0.2) is 13.2 Å². The third-order valence-corrected chi connectivity index (χ3v) is 5.47. The van der Waals surface area contributed by atoms with Crippen LogP contribution in [0, 0.1) is 0 Å². The molecule has 0 bridgehead atoms. The van der Waals surface area contributed by atoms with Crippen molar-refractivity contribution >= 4 is 27.6 Å². The zero-order valence-electron chi connectivity index (χ0n) is 11.1. The number of carbonyl (C=O) groups excluding carboxylic acids is 1. The molecule has 0 aliphatic carbocycles. The second-order valence-corrected chi connectivity index (χ2v) is 6.94. The molecule has 7 heteroatoms. The Morgan fingerprint density at radius 2 is 1.90 bits per heavy atom. The molecule has 0 radical (unpaired) electrons. The maximum Gasteiger partial charge on any atom is 0.339 e. The van der Waals surface area contributed by atoms with E-state index < -0.39 is 16.0 Å². The Morgan fingerprint density at radius 3 is 2.50 bits per heavy atom. The Morgan fingerprint density at radius 1 is 1.25 bits per heavy atom. The van der Waals surface area contributed by atoms with Gasteiger partial charge in [0.25, 0.3) is 0 Å². The molecule has 1 aromatic carbocycles. The van der Waals surface area contributed by atoms with Gasteiger partial charge in [-0.1, -0.05) is 18.0 Å². The van der Waals surface area contributed by atoms with Gasteiger partial charge in [-0.2, -0.15) is 4.31 Å². The molecular formula is C13H16ClNO4S. The average Bonchev–Trinajstić information content (AvgIpc) is 2.47. The highest BCUT2D eigenvalue weighted by Gasteiger charge is 2.30. The van der Waals surface area contributed by atoms with Crippen molar-refractivity contribution in [3.05, 3.63) is 28.8 Å². The van der Waals surface area contributed by atoms with E-state index in [1.54, 1.807) is 0 Å². The number of rotatable bonds is 3. The second-order valence-electron chi connectivity index (χ2n) is 4.60. The van der Waals surface area contributed by atoms with Crippen LogP contribution in [0.25, 0.3) is 0 Å². The van der Waals surface area contributed by atoms with Gasteiger partial charge in [-0.05, 0) is 31.0 Å². The first-order valence-corrected chi connectivity index (χ1v) is 8.16. The van der Waals surface area contributed by atoms with E-state index in [0.717, 1.165) is 19.3 Å². The molecule has 1 aromatic rings. The highest BCUT2D eigenvalue weighted by Crippen LogP contribution is 2.26. The number of esters is 1. The van der Waals surface area contributed by atoms with Crippen LogP contribution < -0.4 is 0 Å². The first-order valence-electron chi connectivity index (χ1n) is 6.35. The quantitative estimate of drug-likeness (QED) is 0.802.